The number of hydrogen-bond donors (Lipinski definition) is 0. The summed E-state index contributed by atoms with van der Waals surface area (Å²) in [4.78, 5) is 15.9. The smallest absolute Gasteiger partial charge is 0.161 e. The summed E-state index contributed by atoms with van der Waals surface area (Å²) in [6.07, 6.45) is 0.791. The molecular formula is C13H13NO. The number of carbonyl (C=O) groups excluding carboxylic acids is 1. The second-order valence-corrected chi connectivity index (χ2v) is 3.59. The molecule has 0 bridgehead atoms. The number of aromatic nitrogens is 1. The molecule has 2 heteroatoms. The van der Waals surface area contributed by atoms with Gasteiger partial charge in [0, 0.05) is 10.9 Å². The van der Waals surface area contributed by atoms with Gasteiger partial charge in [-0.1, -0.05) is 25.1 Å². The van der Waals surface area contributed by atoms with Gasteiger partial charge in [-0.25, -0.2) is 0 Å². The van der Waals surface area contributed by atoms with E-state index in [0.29, 0.717) is 0 Å². The molecule has 0 amide bonds. The summed E-state index contributed by atoms with van der Waals surface area (Å²) in [5.41, 5.74) is 2.59. The molecule has 0 atom stereocenters. The van der Waals surface area contributed by atoms with Crippen LogP contribution in [-0.4, -0.2) is 10.8 Å². The van der Waals surface area contributed by atoms with Crippen LogP contribution in [0.2, 0.25) is 0 Å². The van der Waals surface area contributed by atoms with Crippen molar-refractivity contribution in [2.45, 2.75) is 20.3 Å². The minimum absolute atomic E-state index is 0.0881. The molecule has 15 heavy (non-hydrogen) atoms. The van der Waals surface area contributed by atoms with E-state index < -0.39 is 0 Å². The van der Waals surface area contributed by atoms with Crippen LogP contribution < -0.4 is 0 Å². The Kier molecular flexibility index (Phi) is 2.50. The van der Waals surface area contributed by atoms with E-state index in [4.69, 9.17) is 0 Å². The quantitative estimate of drug-likeness (QED) is 0.696. The van der Waals surface area contributed by atoms with Crippen molar-refractivity contribution in [3.63, 3.8) is 0 Å². The van der Waals surface area contributed by atoms with Crippen molar-refractivity contribution in [1.82, 2.24) is 4.98 Å². The lowest BCUT2D eigenvalue weighted by molar-refractivity contribution is 0.101. The van der Waals surface area contributed by atoms with Gasteiger partial charge in [0.15, 0.2) is 5.78 Å². The standard InChI is InChI=1S/C13H13NO/c1-3-12-11(9(2)15)8-10-6-4-5-7-13(10)14-12/h4-8H,3H2,1-2H3. The number of nitrogens with zero attached hydrogens (tertiary/aromatic N) is 1. The Hall–Kier alpha value is -1.70. The molecule has 1 aromatic heterocycles. The Morgan fingerprint density at radius 3 is 2.73 bits per heavy atom. The van der Waals surface area contributed by atoms with E-state index in [1.807, 2.05) is 37.3 Å². The first-order valence-corrected chi connectivity index (χ1v) is 5.12. The molecule has 0 saturated carbocycles. The summed E-state index contributed by atoms with van der Waals surface area (Å²) in [6.45, 7) is 3.61. The van der Waals surface area contributed by atoms with Gasteiger partial charge in [0.25, 0.3) is 0 Å². The summed E-state index contributed by atoms with van der Waals surface area (Å²) in [5, 5.41) is 1.03. The topological polar surface area (TPSA) is 30.0 Å². The molecule has 1 aromatic carbocycles. The van der Waals surface area contributed by atoms with Gasteiger partial charge in [0.1, 0.15) is 0 Å². The first-order valence-electron chi connectivity index (χ1n) is 5.12. The number of Topliss-reactive ketones (excluding diaryl/α,β-unsaturated/α-hetero) is 1. The van der Waals surface area contributed by atoms with Gasteiger partial charge in [0.05, 0.1) is 11.2 Å². The molecule has 0 aliphatic carbocycles. The number of aryl methyl sites for hydroxylation is 1. The van der Waals surface area contributed by atoms with Crippen molar-refractivity contribution in [3.05, 3.63) is 41.6 Å². The van der Waals surface area contributed by atoms with Crippen LogP contribution in [0.5, 0.6) is 0 Å². The Labute approximate surface area is 89.0 Å². The Bertz CT molecular complexity index is 517. The highest BCUT2D eigenvalue weighted by Crippen LogP contribution is 2.17. The average Bonchev–Trinajstić information content (AvgIpc) is 2.27. The zero-order valence-corrected chi connectivity index (χ0v) is 8.95. The highest BCUT2D eigenvalue weighted by molar-refractivity contribution is 5.98. The predicted octanol–water partition coefficient (Wildman–Crippen LogP) is 3.00. The fourth-order valence-electron chi connectivity index (χ4n) is 1.73. The molecular weight excluding hydrogens is 186 g/mol. The molecule has 0 aliphatic rings. The van der Waals surface area contributed by atoms with Crippen molar-refractivity contribution < 1.29 is 4.79 Å². The lowest BCUT2D eigenvalue weighted by Crippen LogP contribution is -2.01. The molecule has 0 fully saturated rings. The normalized spacial score (nSPS) is 10.5. The maximum absolute atomic E-state index is 11.4. The van der Waals surface area contributed by atoms with Crippen LogP contribution in [0.15, 0.2) is 30.3 Å². The number of rotatable bonds is 2. The minimum atomic E-state index is 0.0881. The molecule has 2 nitrogen and oxygen atoms in total. The monoisotopic (exact) mass is 199 g/mol. The zero-order chi connectivity index (χ0) is 10.8. The first-order chi connectivity index (χ1) is 7.22. The van der Waals surface area contributed by atoms with Gasteiger partial charge < -0.3 is 0 Å². The molecule has 0 spiro atoms. The SMILES string of the molecule is CCc1nc2ccccc2cc1C(C)=O. The molecule has 1 heterocycles. The number of pyridine rings is 1. The zero-order valence-electron chi connectivity index (χ0n) is 8.95. The van der Waals surface area contributed by atoms with Crippen molar-refractivity contribution in [1.29, 1.82) is 0 Å². The van der Waals surface area contributed by atoms with Crippen molar-refractivity contribution in [2.24, 2.45) is 0 Å². The van der Waals surface area contributed by atoms with Crippen molar-refractivity contribution in [2.75, 3.05) is 0 Å². The number of carbonyl (C=O) groups is 1. The van der Waals surface area contributed by atoms with Crippen LogP contribution in [0.4, 0.5) is 0 Å². The predicted molar refractivity (Wildman–Crippen MR) is 61.1 cm³/mol. The van der Waals surface area contributed by atoms with Crippen LogP contribution in [-0.2, 0) is 6.42 Å². The van der Waals surface area contributed by atoms with Crippen LogP contribution in [0.1, 0.15) is 29.9 Å². The lowest BCUT2D eigenvalue weighted by atomic mass is 10.0. The van der Waals surface area contributed by atoms with E-state index in [-0.39, 0.29) is 5.78 Å². The van der Waals surface area contributed by atoms with Gasteiger partial charge >= 0.3 is 0 Å². The number of para-hydroxylation sites is 1. The fraction of sp³-hybridized carbons (Fsp3) is 0.231. The molecule has 0 radical (unpaired) electrons. The molecule has 0 saturated heterocycles. The second-order valence-electron chi connectivity index (χ2n) is 3.59. The van der Waals surface area contributed by atoms with E-state index in [0.717, 1.165) is 28.6 Å². The third-order valence-electron chi connectivity index (χ3n) is 2.52. The maximum Gasteiger partial charge on any atom is 0.161 e. The number of hydrogen-bond acceptors (Lipinski definition) is 2. The molecule has 0 aliphatic heterocycles. The van der Waals surface area contributed by atoms with E-state index >= 15 is 0 Å². The second kappa shape index (κ2) is 3.81. The van der Waals surface area contributed by atoms with Gasteiger partial charge in [-0.2, -0.15) is 0 Å². The third kappa shape index (κ3) is 1.75. The number of ketones is 1. The Balaban J connectivity index is 2.74. The van der Waals surface area contributed by atoms with Crippen LogP contribution in [0.3, 0.4) is 0 Å². The van der Waals surface area contributed by atoms with E-state index in [1.165, 1.54) is 0 Å². The van der Waals surface area contributed by atoms with E-state index in [9.17, 15) is 4.79 Å². The molecule has 2 aromatic rings. The summed E-state index contributed by atoms with van der Waals surface area (Å²) in [5.74, 6) is 0.0881. The minimum Gasteiger partial charge on any atom is -0.294 e. The lowest BCUT2D eigenvalue weighted by Gasteiger charge is -2.05. The van der Waals surface area contributed by atoms with Crippen LogP contribution >= 0.6 is 0 Å². The highest BCUT2D eigenvalue weighted by atomic mass is 16.1. The maximum atomic E-state index is 11.4. The first kappa shape index (κ1) is 9.84. The number of benzene rings is 1. The molecule has 0 unspecified atom stereocenters. The summed E-state index contributed by atoms with van der Waals surface area (Å²) >= 11 is 0. The molecule has 2 rings (SSSR count). The van der Waals surface area contributed by atoms with Gasteiger partial charge in [-0.05, 0) is 25.5 Å². The highest BCUT2D eigenvalue weighted by Gasteiger charge is 2.08. The largest absolute Gasteiger partial charge is 0.294 e. The van der Waals surface area contributed by atoms with Crippen LogP contribution in [0, 0.1) is 0 Å². The Morgan fingerprint density at radius 2 is 2.07 bits per heavy atom. The average molecular weight is 199 g/mol. The molecule has 76 valence electrons. The number of fused-ring (bicyclic) bond motifs is 1. The third-order valence-corrected chi connectivity index (χ3v) is 2.52. The summed E-state index contributed by atoms with van der Waals surface area (Å²) < 4.78 is 0. The summed E-state index contributed by atoms with van der Waals surface area (Å²) in [6, 6.07) is 9.80. The van der Waals surface area contributed by atoms with E-state index in [1.54, 1.807) is 6.92 Å². The van der Waals surface area contributed by atoms with Gasteiger partial charge in [0.2, 0.25) is 0 Å². The van der Waals surface area contributed by atoms with Crippen molar-refractivity contribution >= 4 is 16.7 Å². The van der Waals surface area contributed by atoms with E-state index in [2.05, 4.69) is 4.98 Å². The van der Waals surface area contributed by atoms with Crippen molar-refractivity contribution in [3.8, 4) is 0 Å². The van der Waals surface area contributed by atoms with Crippen LogP contribution in [0.25, 0.3) is 10.9 Å². The summed E-state index contributed by atoms with van der Waals surface area (Å²) in [7, 11) is 0. The van der Waals surface area contributed by atoms with Gasteiger partial charge in [-0.3, -0.25) is 9.78 Å². The fourth-order valence-corrected chi connectivity index (χ4v) is 1.73. The van der Waals surface area contributed by atoms with Gasteiger partial charge in [-0.15, -0.1) is 0 Å². The Morgan fingerprint density at radius 1 is 1.33 bits per heavy atom. The molecule has 0 N–H and O–H groups in total.